The molecule has 0 spiro atoms. The molecule has 3 aromatic carbocycles. The first-order chi connectivity index (χ1) is 15.7. The molecule has 0 fully saturated rings. The quantitative estimate of drug-likeness (QED) is 0.405. The summed E-state index contributed by atoms with van der Waals surface area (Å²) in [7, 11) is -1.98. The minimum Gasteiger partial charge on any atom is -0.322 e. The molecule has 0 aliphatic carbocycles. The fraction of sp³-hybridized carbons (Fsp3) is 0.167. The maximum absolute atomic E-state index is 13.3. The molecule has 170 valence electrons. The largest absolute Gasteiger partial charge is 0.322 e. The molecule has 1 heterocycles. The van der Waals surface area contributed by atoms with E-state index < -0.39 is 10.0 Å². The first-order valence-electron chi connectivity index (χ1n) is 10.3. The van der Waals surface area contributed by atoms with E-state index in [2.05, 4.69) is 4.98 Å². The lowest BCUT2D eigenvalue weighted by atomic mass is 10.1. The molecule has 0 bridgehead atoms. The van der Waals surface area contributed by atoms with Gasteiger partial charge in [-0.25, -0.2) is 18.5 Å². The van der Waals surface area contributed by atoms with E-state index in [0.29, 0.717) is 17.2 Å². The van der Waals surface area contributed by atoms with Crippen LogP contribution in [0.15, 0.2) is 82.8 Å². The number of fused-ring (bicyclic) bond motifs is 1. The van der Waals surface area contributed by atoms with Gasteiger partial charge in [0, 0.05) is 12.7 Å². The molecule has 7 nitrogen and oxygen atoms in total. The van der Waals surface area contributed by atoms with Crippen LogP contribution < -0.4 is 10.0 Å². The molecule has 1 amide bonds. The predicted octanol–water partition coefficient (Wildman–Crippen LogP) is 3.85. The third-order valence-electron chi connectivity index (χ3n) is 5.26. The molecule has 4 aromatic rings. The van der Waals surface area contributed by atoms with Gasteiger partial charge >= 0.3 is 0 Å². The predicted molar refractivity (Wildman–Crippen MR) is 132 cm³/mol. The Hall–Kier alpha value is -3.14. The molecule has 33 heavy (non-hydrogen) atoms. The van der Waals surface area contributed by atoms with Crippen LogP contribution >= 0.6 is 11.8 Å². The van der Waals surface area contributed by atoms with Crippen molar-refractivity contribution in [1.82, 2.24) is 9.55 Å². The molecule has 0 saturated carbocycles. The summed E-state index contributed by atoms with van der Waals surface area (Å²) in [5, 5.41) is 5.86. The molecule has 1 aromatic heterocycles. The molecule has 0 aliphatic heterocycles. The number of imidazole rings is 1. The second-order valence-corrected chi connectivity index (χ2v) is 10.2. The van der Waals surface area contributed by atoms with Crippen molar-refractivity contribution in [2.45, 2.75) is 23.5 Å². The standard InChI is InChI=1S/C24H24N4O3S2/c1-17-7-6-10-19(13-17)28(15-18-8-4-3-5-9-18)23(29)16-32-24-26-21-14-20(33(25,30)31)11-12-22(21)27(24)2/h3-14H,15-16H2,1-2H3,(H2,25,30,31). The highest BCUT2D eigenvalue weighted by Gasteiger charge is 2.19. The average Bonchev–Trinajstić information content (AvgIpc) is 3.11. The first kappa shape index (κ1) is 23.0. The highest BCUT2D eigenvalue weighted by molar-refractivity contribution is 7.99. The third-order valence-corrected chi connectivity index (χ3v) is 7.19. The Balaban J connectivity index is 1.58. The van der Waals surface area contributed by atoms with Gasteiger partial charge in [0.25, 0.3) is 0 Å². The Kier molecular flexibility index (Phi) is 6.55. The number of hydrogen-bond acceptors (Lipinski definition) is 5. The van der Waals surface area contributed by atoms with Crippen LogP contribution in [-0.4, -0.2) is 29.6 Å². The normalized spacial score (nSPS) is 11.6. The number of benzene rings is 3. The molecule has 4 rings (SSSR count). The summed E-state index contributed by atoms with van der Waals surface area (Å²) in [5.41, 5.74) is 4.23. The van der Waals surface area contributed by atoms with Crippen LogP contribution in [0.2, 0.25) is 0 Å². The number of carbonyl (C=O) groups is 1. The van der Waals surface area contributed by atoms with E-state index in [1.54, 1.807) is 11.0 Å². The van der Waals surface area contributed by atoms with Gasteiger partial charge in [-0.1, -0.05) is 54.2 Å². The molecule has 0 radical (unpaired) electrons. The van der Waals surface area contributed by atoms with Crippen LogP contribution in [-0.2, 0) is 28.4 Å². The number of anilines is 1. The number of hydrogen-bond donors (Lipinski definition) is 1. The Morgan fingerprint density at radius 1 is 1.06 bits per heavy atom. The van der Waals surface area contributed by atoms with Crippen molar-refractivity contribution in [1.29, 1.82) is 0 Å². The van der Waals surface area contributed by atoms with E-state index in [4.69, 9.17) is 5.14 Å². The van der Waals surface area contributed by atoms with E-state index in [0.717, 1.165) is 22.3 Å². The summed E-state index contributed by atoms with van der Waals surface area (Å²) >= 11 is 1.31. The van der Waals surface area contributed by atoms with Gasteiger partial charge in [0.15, 0.2) is 5.16 Å². The van der Waals surface area contributed by atoms with E-state index in [9.17, 15) is 13.2 Å². The summed E-state index contributed by atoms with van der Waals surface area (Å²) in [6.07, 6.45) is 0. The number of rotatable bonds is 7. The minimum atomic E-state index is -3.82. The Morgan fingerprint density at radius 3 is 2.52 bits per heavy atom. The van der Waals surface area contributed by atoms with E-state index in [-0.39, 0.29) is 16.6 Å². The maximum Gasteiger partial charge on any atom is 0.238 e. The smallest absolute Gasteiger partial charge is 0.238 e. The van der Waals surface area contributed by atoms with Crippen molar-refractivity contribution in [3.8, 4) is 0 Å². The van der Waals surface area contributed by atoms with Crippen LogP contribution in [0.3, 0.4) is 0 Å². The van der Waals surface area contributed by atoms with Gasteiger partial charge in [-0.3, -0.25) is 4.79 Å². The number of nitrogens with two attached hydrogens (primary N) is 1. The van der Waals surface area contributed by atoms with Crippen molar-refractivity contribution < 1.29 is 13.2 Å². The van der Waals surface area contributed by atoms with Crippen molar-refractivity contribution in [2.24, 2.45) is 12.2 Å². The summed E-state index contributed by atoms with van der Waals surface area (Å²) in [6, 6.07) is 22.3. The molecular weight excluding hydrogens is 456 g/mol. The van der Waals surface area contributed by atoms with E-state index in [1.807, 2.05) is 73.1 Å². The second kappa shape index (κ2) is 9.38. The maximum atomic E-state index is 13.3. The second-order valence-electron chi connectivity index (χ2n) is 7.74. The Bertz CT molecular complexity index is 1420. The number of aryl methyl sites for hydroxylation is 2. The average molecular weight is 481 g/mol. The zero-order chi connectivity index (χ0) is 23.6. The number of primary sulfonamides is 1. The van der Waals surface area contributed by atoms with Gasteiger partial charge in [-0.05, 0) is 48.4 Å². The molecule has 2 N–H and O–H groups in total. The highest BCUT2D eigenvalue weighted by Crippen LogP contribution is 2.26. The van der Waals surface area contributed by atoms with Crippen molar-refractivity contribution in [2.75, 3.05) is 10.7 Å². The number of aromatic nitrogens is 2. The van der Waals surface area contributed by atoms with Crippen LogP contribution in [0, 0.1) is 6.92 Å². The van der Waals surface area contributed by atoms with Crippen LogP contribution in [0.4, 0.5) is 5.69 Å². The van der Waals surface area contributed by atoms with E-state index in [1.165, 1.54) is 23.9 Å². The fourth-order valence-electron chi connectivity index (χ4n) is 3.55. The van der Waals surface area contributed by atoms with Crippen LogP contribution in [0.1, 0.15) is 11.1 Å². The minimum absolute atomic E-state index is 0.00853. The lowest BCUT2D eigenvalue weighted by Crippen LogP contribution is -2.32. The number of thioether (sulfide) groups is 1. The number of nitrogens with zero attached hydrogens (tertiary/aromatic N) is 3. The summed E-state index contributed by atoms with van der Waals surface area (Å²) in [6.45, 7) is 2.46. The van der Waals surface area contributed by atoms with Gasteiger partial charge in [-0.15, -0.1) is 0 Å². The SMILES string of the molecule is Cc1cccc(N(Cc2ccccc2)C(=O)CSc2nc3cc(S(N)(=O)=O)ccc3n2C)c1. The van der Waals surface area contributed by atoms with Gasteiger partial charge in [0.1, 0.15) is 0 Å². The van der Waals surface area contributed by atoms with Gasteiger partial charge in [0.05, 0.1) is 28.2 Å². The molecule has 0 saturated heterocycles. The molecule has 0 unspecified atom stereocenters. The summed E-state index contributed by atoms with van der Waals surface area (Å²) < 4.78 is 25.2. The number of sulfonamides is 1. The Labute approximate surface area is 197 Å². The van der Waals surface area contributed by atoms with Gasteiger partial charge < -0.3 is 9.47 Å². The first-order valence-corrected chi connectivity index (χ1v) is 12.8. The monoisotopic (exact) mass is 480 g/mol. The summed E-state index contributed by atoms with van der Waals surface area (Å²) in [5.74, 6) is 0.131. The van der Waals surface area contributed by atoms with Crippen LogP contribution in [0.5, 0.6) is 0 Å². The van der Waals surface area contributed by atoms with Crippen molar-refractivity contribution in [3.63, 3.8) is 0 Å². The lowest BCUT2D eigenvalue weighted by molar-refractivity contribution is -0.116. The number of carbonyl (C=O) groups excluding carboxylic acids is 1. The number of amides is 1. The van der Waals surface area contributed by atoms with Gasteiger partial charge in [-0.2, -0.15) is 0 Å². The van der Waals surface area contributed by atoms with Crippen molar-refractivity contribution in [3.05, 3.63) is 83.9 Å². The fourth-order valence-corrected chi connectivity index (χ4v) is 4.95. The van der Waals surface area contributed by atoms with Crippen molar-refractivity contribution >= 4 is 44.4 Å². The van der Waals surface area contributed by atoms with E-state index >= 15 is 0 Å². The zero-order valence-corrected chi connectivity index (χ0v) is 19.9. The van der Waals surface area contributed by atoms with Gasteiger partial charge in [0.2, 0.25) is 15.9 Å². The molecule has 0 aliphatic rings. The van der Waals surface area contributed by atoms with Crippen LogP contribution in [0.25, 0.3) is 11.0 Å². The third kappa shape index (κ3) is 5.27. The lowest BCUT2D eigenvalue weighted by Gasteiger charge is -2.23. The molecule has 9 heteroatoms. The topological polar surface area (TPSA) is 98.3 Å². The zero-order valence-electron chi connectivity index (χ0n) is 18.3. The molecule has 0 atom stereocenters. The highest BCUT2D eigenvalue weighted by atomic mass is 32.2. The summed E-state index contributed by atoms with van der Waals surface area (Å²) in [4.78, 5) is 19.6. The Morgan fingerprint density at radius 2 is 1.82 bits per heavy atom. The molecular formula is C24H24N4O3S2.